The van der Waals surface area contributed by atoms with Gasteiger partial charge < -0.3 is 10.2 Å². The number of hydrogen-bond acceptors (Lipinski definition) is 4. The number of nitrogens with one attached hydrogen (secondary N) is 1. The topological polar surface area (TPSA) is 49.4 Å². The van der Waals surface area contributed by atoms with Crippen molar-refractivity contribution in [3.63, 3.8) is 0 Å². The van der Waals surface area contributed by atoms with Crippen molar-refractivity contribution in [3.8, 4) is 0 Å². The summed E-state index contributed by atoms with van der Waals surface area (Å²) in [4.78, 5) is 2.05. The van der Waals surface area contributed by atoms with Gasteiger partial charge in [-0.2, -0.15) is 0 Å². The van der Waals surface area contributed by atoms with Crippen LogP contribution in [0.5, 0.6) is 0 Å². The smallest absolute Gasteiger partial charge is 0.154 e. The molecule has 1 aromatic rings. The summed E-state index contributed by atoms with van der Waals surface area (Å²) in [6, 6.07) is 3.09. The highest BCUT2D eigenvalue weighted by Crippen LogP contribution is 2.37. The van der Waals surface area contributed by atoms with Gasteiger partial charge in [-0.3, -0.25) is 0 Å². The number of hydrogen-bond donors (Lipinski definition) is 1. The van der Waals surface area contributed by atoms with Gasteiger partial charge in [0, 0.05) is 19.2 Å². The van der Waals surface area contributed by atoms with Gasteiger partial charge in [-0.1, -0.05) is 0 Å². The molecule has 1 atom stereocenters. The minimum absolute atomic E-state index is 0.0615. The van der Waals surface area contributed by atoms with E-state index in [1.807, 2.05) is 0 Å². The van der Waals surface area contributed by atoms with E-state index in [0.717, 1.165) is 11.4 Å². The molecule has 0 bridgehead atoms. The van der Waals surface area contributed by atoms with Crippen LogP contribution in [0.15, 0.2) is 16.6 Å². The lowest BCUT2D eigenvalue weighted by Gasteiger charge is -2.42. The molecule has 98 valence electrons. The van der Waals surface area contributed by atoms with Gasteiger partial charge in [0.15, 0.2) is 9.84 Å². The average molecular weight is 335 g/mol. The van der Waals surface area contributed by atoms with Crippen molar-refractivity contribution in [2.45, 2.75) is 6.04 Å². The maximum absolute atomic E-state index is 13.5. The first-order valence-electron chi connectivity index (χ1n) is 5.66. The molecule has 3 rings (SSSR count). The first kappa shape index (κ1) is 12.2. The van der Waals surface area contributed by atoms with Gasteiger partial charge in [-0.05, 0) is 22.0 Å². The fourth-order valence-corrected chi connectivity index (χ4v) is 4.37. The Labute approximate surface area is 113 Å². The van der Waals surface area contributed by atoms with E-state index < -0.39 is 9.84 Å². The Kier molecular flexibility index (Phi) is 2.78. The summed E-state index contributed by atoms with van der Waals surface area (Å²) in [6.07, 6.45) is 0. The van der Waals surface area contributed by atoms with E-state index >= 15 is 0 Å². The van der Waals surface area contributed by atoms with Gasteiger partial charge in [-0.15, -0.1) is 0 Å². The van der Waals surface area contributed by atoms with E-state index in [-0.39, 0.29) is 23.4 Å². The molecule has 2 aliphatic rings. The highest BCUT2D eigenvalue weighted by atomic mass is 79.9. The number of sulfone groups is 1. The first-order chi connectivity index (χ1) is 8.46. The molecule has 18 heavy (non-hydrogen) atoms. The van der Waals surface area contributed by atoms with Crippen LogP contribution in [0.2, 0.25) is 0 Å². The van der Waals surface area contributed by atoms with Crippen LogP contribution in [0.25, 0.3) is 0 Å². The molecule has 1 fully saturated rings. The largest absolute Gasteiger partial charge is 0.381 e. The molecule has 2 aliphatic heterocycles. The Morgan fingerprint density at radius 1 is 1.44 bits per heavy atom. The van der Waals surface area contributed by atoms with Crippen molar-refractivity contribution in [2.24, 2.45) is 0 Å². The standard InChI is InChI=1S/C11H12BrFN2O2S/c12-8-3-11-10(4-9(8)13)14-5-7-6-18(16,17)2-1-15(7)11/h3-4,7,14H,1-2,5-6H2. The van der Waals surface area contributed by atoms with Crippen molar-refractivity contribution in [1.82, 2.24) is 0 Å². The number of benzene rings is 1. The Morgan fingerprint density at radius 2 is 2.22 bits per heavy atom. The van der Waals surface area contributed by atoms with E-state index in [4.69, 9.17) is 0 Å². The van der Waals surface area contributed by atoms with E-state index in [1.54, 1.807) is 6.07 Å². The average Bonchev–Trinajstić information content (AvgIpc) is 2.29. The molecule has 1 unspecified atom stereocenters. The molecule has 0 aromatic heterocycles. The molecule has 1 aromatic carbocycles. The zero-order chi connectivity index (χ0) is 12.9. The lowest BCUT2D eigenvalue weighted by molar-refractivity contribution is 0.558. The van der Waals surface area contributed by atoms with E-state index in [0.29, 0.717) is 17.6 Å². The molecule has 4 nitrogen and oxygen atoms in total. The normalized spacial score (nSPS) is 25.0. The molecule has 0 saturated carbocycles. The van der Waals surface area contributed by atoms with Crippen molar-refractivity contribution in [2.75, 3.05) is 34.8 Å². The molecular weight excluding hydrogens is 323 g/mol. The molecule has 1 N–H and O–H groups in total. The van der Waals surface area contributed by atoms with Crippen LogP contribution in [0.4, 0.5) is 15.8 Å². The number of halogens is 2. The maximum atomic E-state index is 13.5. The highest BCUT2D eigenvalue weighted by Gasteiger charge is 2.35. The SMILES string of the molecule is O=S1(=O)CCN2c3cc(Br)c(F)cc3NCC2C1. The van der Waals surface area contributed by atoms with Gasteiger partial charge in [0.1, 0.15) is 5.82 Å². The number of rotatable bonds is 0. The number of nitrogens with zero attached hydrogens (tertiary/aromatic N) is 1. The van der Waals surface area contributed by atoms with Gasteiger partial charge in [0.25, 0.3) is 0 Å². The summed E-state index contributed by atoms with van der Waals surface area (Å²) < 4.78 is 37.1. The number of anilines is 2. The number of fused-ring (bicyclic) bond motifs is 3. The lowest BCUT2D eigenvalue weighted by atomic mass is 10.1. The summed E-state index contributed by atoms with van der Waals surface area (Å²) in [6.45, 7) is 1.01. The zero-order valence-electron chi connectivity index (χ0n) is 9.49. The van der Waals surface area contributed by atoms with Crippen molar-refractivity contribution < 1.29 is 12.8 Å². The van der Waals surface area contributed by atoms with Crippen LogP contribution >= 0.6 is 15.9 Å². The van der Waals surface area contributed by atoms with Crippen LogP contribution in [-0.4, -0.2) is 39.1 Å². The highest BCUT2D eigenvalue weighted by molar-refractivity contribution is 9.10. The van der Waals surface area contributed by atoms with Gasteiger partial charge in [0.05, 0.1) is 33.4 Å². The third-order valence-corrected chi connectivity index (χ3v) is 5.71. The van der Waals surface area contributed by atoms with Crippen LogP contribution < -0.4 is 10.2 Å². The molecule has 0 amide bonds. The molecule has 1 saturated heterocycles. The molecule has 0 spiro atoms. The predicted octanol–water partition coefficient (Wildman–Crippen LogP) is 1.62. The van der Waals surface area contributed by atoms with Crippen molar-refractivity contribution >= 4 is 37.1 Å². The third kappa shape index (κ3) is 1.99. The second-order valence-corrected chi connectivity index (χ2v) is 7.71. The Bertz CT molecular complexity index is 605. The molecule has 2 heterocycles. The summed E-state index contributed by atoms with van der Waals surface area (Å²) in [5, 5.41) is 3.10. The predicted molar refractivity (Wildman–Crippen MR) is 72.4 cm³/mol. The quantitative estimate of drug-likeness (QED) is 0.783. The Hall–Kier alpha value is -0.820. The molecule has 0 radical (unpaired) electrons. The van der Waals surface area contributed by atoms with E-state index in [9.17, 15) is 12.8 Å². The second-order valence-electron chi connectivity index (χ2n) is 4.63. The fourth-order valence-electron chi connectivity index (χ4n) is 2.52. The maximum Gasteiger partial charge on any atom is 0.154 e. The van der Waals surface area contributed by atoms with Crippen LogP contribution in [0.3, 0.4) is 0 Å². The van der Waals surface area contributed by atoms with Crippen molar-refractivity contribution in [1.29, 1.82) is 0 Å². The summed E-state index contributed by atoms with van der Waals surface area (Å²) in [5.41, 5.74) is 1.60. The van der Waals surface area contributed by atoms with Crippen LogP contribution in [-0.2, 0) is 9.84 Å². The fraction of sp³-hybridized carbons (Fsp3) is 0.455. The van der Waals surface area contributed by atoms with Gasteiger partial charge in [-0.25, -0.2) is 12.8 Å². The Balaban J connectivity index is 2.01. The van der Waals surface area contributed by atoms with E-state index in [2.05, 4.69) is 26.1 Å². The molecule has 0 aliphatic carbocycles. The second kappa shape index (κ2) is 4.09. The summed E-state index contributed by atoms with van der Waals surface area (Å²) >= 11 is 3.17. The van der Waals surface area contributed by atoms with Crippen molar-refractivity contribution in [3.05, 3.63) is 22.4 Å². The van der Waals surface area contributed by atoms with Gasteiger partial charge >= 0.3 is 0 Å². The molecule has 7 heteroatoms. The Morgan fingerprint density at radius 3 is 3.00 bits per heavy atom. The summed E-state index contributed by atoms with van der Waals surface area (Å²) in [7, 11) is -2.94. The minimum atomic E-state index is -2.94. The van der Waals surface area contributed by atoms with E-state index in [1.165, 1.54) is 6.07 Å². The van der Waals surface area contributed by atoms with Crippen LogP contribution in [0, 0.1) is 5.82 Å². The minimum Gasteiger partial charge on any atom is -0.381 e. The third-order valence-electron chi connectivity index (χ3n) is 3.41. The summed E-state index contributed by atoms with van der Waals surface area (Å²) in [5.74, 6) is 0.0103. The zero-order valence-corrected chi connectivity index (χ0v) is 11.9. The molecular formula is C11H12BrFN2O2S. The van der Waals surface area contributed by atoms with Gasteiger partial charge in [0.2, 0.25) is 0 Å². The lowest BCUT2D eigenvalue weighted by Crippen LogP contribution is -2.54. The van der Waals surface area contributed by atoms with Crippen LogP contribution in [0.1, 0.15) is 0 Å². The first-order valence-corrected chi connectivity index (χ1v) is 8.28. The monoisotopic (exact) mass is 334 g/mol.